The number of fused-ring (bicyclic) bond motifs is 1. The SMILES string of the molecule is CCc1ccc(-c2csc(C(C#N)=CNc3ccc4c(c3)OCO4)n2)cc1. The minimum Gasteiger partial charge on any atom is -0.454 e. The molecule has 0 aliphatic carbocycles. The summed E-state index contributed by atoms with van der Waals surface area (Å²) in [5.41, 5.74) is 4.52. The minimum atomic E-state index is 0.235. The molecule has 0 fully saturated rings. The van der Waals surface area contributed by atoms with Gasteiger partial charge in [-0.3, -0.25) is 0 Å². The monoisotopic (exact) mass is 375 g/mol. The van der Waals surface area contributed by atoms with Gasteiger partial charge in [0.2, 0.25) is 6.79 Å². The summed E-state index contributed by atoms with van der Waals surface area (Å²) in [5.74, 6) is 1.42. The summed E-state index contributed by atoms with van der Waals surface area (Å²) in [6, 6.07) is 16.1. The van der Waals surface area contributed by atoms with Gasteiger partial charge in [0.1, 0.15) is 16.6 Å². The molecule has 134 valence electrons. The van der Waals surface area contributed by atoms with E-state index < -0.39 is 0 Å². The van der Waals surface area contributed by atoms with Crippen molar-refractivity contribution in [1.82, 2.24) is 4.98 Å². The molecule has 0 bridgehead atoms. The highest BCUT2D eigenvalue weighted by Gasteiger charge is 2.13. The fourth-order valence-corrected chi connectivity index (χ4v) is 3.52. The van der Waals surface area contributed by atoms with Crippen LogP contribution < -0.4 is 14.8 Å². The summed E-state index contributed by atoms with van der Waals surface area (Å²) in [5, 5.41) is 15.3. The highest BCUT2D eigenvalue weighted by Crippen LogP contribution is 2.34. The van der Waals surface area contributed by atoms with Crippen molar-refractivity contribution in [2.45, 2.75) is 13.3 Å². The van der Waals surface area contributed by atoms with Crippen molar-refractivity contribution >= 4 is 22.6 Å². The Kier molecular flexibility index (Phi) is 4.77. The Morgan fingerprint density at radius 1 is 1.22 bits per heavy atom. The lowest BCUT2D eigenvalue weighted by Crippen LogP contribution is -1.93. The van der Waals surface area contributed by atoms with Gasteiger partial charge in [-0.25, -0.2) is 4.98 Å². The quantitative estimate of drug-likeness (QED) is 0.630. The predicted octanol–water partition coefficient (Wildman–Crippen LogP) is 5.08. The third-order valence-electron chi connectivity index (χ3n) is 4.27. The second kappa shape index (κ2) is 7.52. The summed E-state index contributed by atoms with van der Waals surface area (Å²) in [7, 11) is 0. The van der Waals surface area contributed by atoms with Gasteiger partial charge in [-0.1, -0.05) is 31.2 Å². The Bertz CT molecular complexity index is 1030. The first-order valence-electron chi connectivity index (χ1n) is 8.58. The molecule has 1 aliphatic heterocycles. The second-order valence-electron chi connectivity index (χ2n) is 5.97. The van der Waals surface area contributed by atoms with E-state index in [1.165, 1.54) is 16.9 Å². The number of hydrogen-bond acceptors (Lipinski definition) is 6. The van der Waals surface area contributed by atoms with Crippen molar-refractivity contribution in [3.63, 3.8) is 0 Å². The molecular weight excluding hydrogens is 358 g/mol. The van der Waals surface area contributed by atoms with Crippen LogP contribution in [0.2, 0.25) is 0 Å². The lowest BCUT2D eigenvalue weighted by molar-refractivity contribution is 0.174. The molecule has 3 aromatic rings. The fourth-order valence-electron chi connectivity index (χ4n) is 2.72. The molecule has 1 aliphatic rings. The first-order valence-corrected chi connectivity index (χ1v) is 9.46. The van der Waals surface area contributed by atoms with E-state index in [1.54, 1.807) is 6.20 Å². The van der Waals surface area contributed by atoms with Gasteiger partial charge in [-0.05, 0) is 24.1 Å². The molecule has 2 aromatic carbocycles. The number of allylic oxidation sites excluding steroid dienone is 1. The summed E-state index contributed by atoms with van der Waals surface area (Å²) in [4.78, 5) is 4.62. The number of aromatic nitrogens is 1. The zero-order chi connectivity index (χ0) is 18.6. The van der Waals surface area contributed by atoms with E-state index in [4.69, 9.17) is 9.47 Å². The molecule has 2 heterocycles. The van der Waals surface area contributed by atoms with E-state index in [0.717, 1.165) is 29.1 Å². The smallest absolute Gasteiger partial charge is 0.231 e. The van der Waals surface area contributed by atoms with Crippen molar-refractivity contribution in [3.8, 4) is 28.8 Å². The molecule has 0 spiro atoms. The Hall–Kier alpha value is -3.30. The number of aryl methyl sites for hydroxylation is 1. The largest absolute Gasteiger partial charge is 0.454 e. The number of nitrogens with one attached hydrogen (secondary N) is 1. The molecular formula is C21H17N3O2S. The number of nitrogens with zero attached hydrogens (tertiary/aromatic N) is 2. The van der Waals surface area contributed by atoms with Gasteiger partial charge < -0.3 is 14.8 Å². The normalized spacial score (nSPS) is 12.7. The number of ether oxygens (including phenoxy) is 2. The first kappa shape index (κ1) is 17.1. The van der Waals surface area contributed by atoms with Gasteiger partial charge in [0.05, 0.1) is 5.69 Å². The number of anilines is 1. The minimum absolute atomic E-state index is 0.235. The van der Waals surface area contributed by atoms with Gasteiger partial charge in [0.15, 0.2) is 11.5 Å². The molecule has 0 amide bonds. The Morgan fingerprint density at radius 2 is 2.04 bits per heavy atom. The Balaban J connectivity index is 1.53. The van der Waals surface area contributed by atoms with Crippen LogP contribution in [-0.4, -0.2) is 11.8 Å². The molecule has 5 nitrogen and oxygen atoms in total. The number of hydrogen-bond donors (Lipinski definition) is 1. The summed E-state index contributed by atoms with van der Waals surface area (Å²) in [6.07, 6.45) is 2.68. The van der Waals surface area contributed by atoms with Crippen LogP contribution in [0.25, 0.3) is 16.8 Å². The maximum absolute atomic E-state index is 9.52. The van der Waals surface area contributed by atoms with Crippen molar-refractivity contribution in [1.29, 1.82) is 5.26 Å². The average Bonchev–Trinajstić information content (AvgIpc) is 3.38. The van der Waals surface area contributed by atoms with Gasteiger partial charge in [-0.2, -0.15) is 5.26 Å². The van der Waals surface area contributed by atoms with Crippen LogP contribution in [0.5, 0.6) is 11.5 Å². The van der Waals surface area contributed by atoms with Crippen LogP contribution in [0.3, 0.4) is 0 Å². The lowest BCUT2D eigenvalue weighted by atomic mass is 10.1. The summed E-state index contributed by atoms with van der Waals surface area (Å²) >= 11 is 1.46. The average molecular weight is 375 g/mol. The molecule has 0 atom stereocenters. The van der Waals surface area contributed by atoms with Crippen LogP contribution >= 0.6 is 11.3 Å². The van der Waals surface area contributed by atoms with E-state index >= 15 is 0 Å². The third kappa shape index (κ3) is 3.64. The van der Waals surface area contributed by atoms with Crippen LogP contribution in [0, 0.1) is 11.3 Å². The van der Waals surface area contributed by atoms with Gasteiger partial charge in [0.25, 0.3) is 0 Å². The van der Waals surface area contributed by atoms with Gasteiger partial charge >= 0.3 is 0 Å². The zero-order valence-electron chi connectivity index (χ0n) is 14.7. The Labute approximate surface area is 161 Å². The van der Waals surface area contributed by atoms with Crippen molar-refractivity contribution in [2.75, 3.05) is 12.1 Å². The maximum atomic E-state index is 9.52. The fraction of sp³-hybridized carbons (Fsp3) is 0.143. The number of thiazole rings is 1. The van der Waals surface area contributed by atoms with E-state index in [1.807, 2.05) is 23.6 Å². The molecule has 0 saturated carbocycles. The van der Waals surface area contributed by atoms with Crippen LogP contribution in [0.1, 0.15) is 17.5 Å². The van der Waals surface area contributed by atoms with E-state index in [0.29, 0.717) is 16.3 Å². The van der Waals surface area contributed by atoms with Crippen molar-refractivity contribution < 1.29 is 9.47 Å². The Morgan fingerprint density at radius 3 is 2.81 bits per heavy atom. The van der Waals surface area contributed by atoms with E-state index in [-0.39, 0.29) is 6.79 Å². The molecule has 1 N–H and O–H groups in total. The molecule has 27 heavy (non-hydrogen) atoms. The molecule has 4 rings (SSSR count). The van der Waals surface area contributed by atoms with E-state index in [9.17, 15) is 5.26 Å². The van der Waals surface area contributed by atoms with Crippen molar-refractivity contribution in [2.24, 2.45) is 0 Å². The van der Waals surface area contributed by atoms with Gasteiger partial charge in [0, 0.05) is 28.9 Å². The van der Waals surface area contributed by atoms with Crippen LogP contribution in [0.4, 0.5) is 5.69 Å². The van der Waals surface area contributed by atoms with E-state index in [2.05, 4.69) is 47.6 Å². The zero-order valence-corrected chi connectivity index (χ0v) is 15.5. The molecule has 1 aromatic heterocycles. The summed E-state index contributed by atoms with van der Waals surface area (Å²) in [6.45, 7) is 2.37. The van der Waals surface area contributed by atoms with Gasteiger partial charge in [-0.15, -0.1) is 11.3 Å². The molecule has 0 saturated heterocycles. The highest BCUT2D eigenvalue weighted by atomic mass is 32.1. The van der Waals surface area contributed by atoms with Crippen LogP contribution in [0.15, 0.2) is 54.0 Å². The van der Waals surface area contributed by atoms with Crippen molar-refractivity contribution in [3.05, 3.63) is 64.6 Å². The standard InChI is InChI=1S/C21H17N3O2S/c1-2-14-3-5-15(6-4-14)18-12-27-21(24-18)16(10-22)11-23-17-7-8-19-20(9-17)26-13-25-19/h3-9,11-12,23H,2,13H2,1H3. The second-order valence-corrected chi connectivity index (χ2v) is 6.83. The molecule has 0 radical (unpaired) electrons. The number of nitriles is 1. The number of rotatable bonds is 5. The first-order chi connectivity index (χ1) is 13.3. The maximum Gasteiger partial charge on any atom is 0.231 e. The topological polar surface area (TPSA) is 67.2 Å². The summed E-state index contributed by atoms with van der Waals surface area (Å²) < 4.78 is 10.7. The predicted molar refractivity (Wildman–Crippen MR) is 107 cm³/mol. The number of benzene rings is 2. The molecule has 6 heteroatoms. The molecule has 0 unspecified atom stereocenters. The van der Waals surface area contributed by atoms with Crippen LogP contribution in [-0.2, 0) is 6.42 Å². The third-order valence-corrected chi connectivity index (χ3v) is 5.14. The lowest BCUT2D eigenvalue weighted by Gasteiger charge is -2.03. The highest BCUT2D eigenvalue weighted by molar-refractivity contribution is 7.11.